The Hall–Kier alpha value is -3.42. The molecular weight excluding hydrogens is 360 g/mol. The molecular formula is C20H18N4O2S. The highest BCUT2D eigenvalue weighted by atomic mass is 32.1. The topological polar surface area (TPSA) is 120 Å². The molecule has 136 valence electrons. The molecule has 0 atom stereocenters. The van der Waals surface area contributed by atoms with E-state index >= 15 is 0 Å². The van der Waals surface area contributed by atoms with Gasteiger partial charge >= 0.3 is 0 Å². The van der Waals surface area contributed by atoms with Gasteiger partial charge in [0.05, 0.1) is 17.3 Å². The van der Waals surface area contributed by atoms with Crippen LogP contribution in [-0.4, -0.2) is 11.8 Å². The summed E-state index contributed by atoms with van der Waals surface area (Å²) in [7, 11) is 0. The number of nitrogens with one attached hydrogen (secondary N) is 1. The highest BCUT2D eigenvalue weighted by Gasteiger charge is 2.23. The van der Waals surface area contributed by atoms with E-state index in [9.17, 15) is 14.9 Å². The predicted octanol–water partition coefficient (Wildman–Crippen LogP) is 3.56. The third-order valence-corrected chi connectivity index (χ3v) is 5.23. The van der Waals surface area contributed by atoms with Crippen molar-refractivity contribution in [1.29, 1.82) is 10.5 Å². The molecule has 2 amide bonds. The van der Waals surface area contributed by atoms with E-state index in [4.69, 9.17) is 11.0 Å². The van der Waals surface area contributed by atoms with Crippen LogP contribution in [0.2, 0.25) is 0 Å². The third-order valence-electron chi connectivity index (χ3n) is 3.66. The van der Waals surface area contributed by atoms with Crippen LogP contribution in [0.4, 0.5) is 5.69 Å². The summed E-state index contributed by atoms with van der Waals surface area (Å²) >= 11 is 1.22. The van der Waals surface area contributed by atoms with Crippen LogP contribution in [0.5, 0.6) is 0 Å². The molecule has 0 unspecified atom stereocenters. The maximum Gasteiger partial charge on any atom is 0.266 e. The second-order valence-corrected chi connectivity index (χ2v) is 7.88. The summed E-state index contributed by atoms with van der Waals surface area (Å²) in [5.74, 6) is -1.28. The second kappa shape index (κ2) is 7.86. The average Bonchev–Trinajstić information content (AvgIpc) is 3.04. The Kier molecular flexibility index (Phi) is 5.79. The zero-order chi connectivity index (χ0) is 20.2. The van der Waals surface area contributed by atoms with Gasteiger partial charge in [-0.25, -0.2) is 0 Å². The van der Waals surface area contributed by atoms with Crippen molar-refractivity contribution < 1.29 is 9.59 Å². The molecule has 1 aromatic heterocycles. The molecule has 0 aliphatic carbocycles. The minimum absolute atomic E-state index is 0.126. The van der Waals surface area contributed by atoms with E-state index < -0.39 is 11.8 Å². The standard InChI is InChI=1S/C20H18N4O2S/c1-20(2,3)16-9-15(17(27-16)18(23)25)24-19(26)14(11-22)8-12-4-6-13(10-21)7-5-12/h4-9H,1-3H3,(H2,23,25)(H,24,26)/b14-8+. The lowest BCUT2D eigenvalue weighted by Crippen LogP contribution is -2.17. The molecule has 0 radical (unpaired) electrons. The van der Waals surface area contributed by atoms with E-state index in [-0.39, 0.29) is 15.9 Å². The van der Waals surface area contributed by atoms with Crippen LogP contribution in [-0.2, 0) is 10.2 Å². The van der Waals surface area contributed by atoms with Crippen LogP contribution in [0.1, 0.15) is 46.4 Å². The van der Waals surface area contributed by atoms with E-state index in [2.05, 4.69) is 5.32 Å². The zero-order valence-corrected chi connectivity index (χ0v) is 16.0. The first kappa shape index (κ1) is 19.9. The summed E-state index contributed by atoms with van der Waals surface area (Å²) in [6, 6.07) is 12.0. The maximum atomic E-state index is 12.5. The van der Waals surface area contributed by atoms with Gasteiger partial charge in [-0.2, -0.15) is 10.5 Å². The molecule has 0 saturated carbocycles. The molecule has 0 aliphatic rings. The van der Waals surface area contributed by atoms with Gasteiger partial charge in [0.15, 0.2) is 0 Å². The number of hydrogen-bond acceptors (Lipinski definition) is 5. The van der Waals surface area contributed by atoms with E-state index in [1.807, 2.05) is 32.9 Å². The van der Waals surface area contributed by atoms with Crippen molar-refractivity contribution >= 4 is 34.9 Å². The number of hydrogen-bond donors (Lipinski definition) is 2. The number of carbonyl (C=O) groups excluding carboxylic acids is 2. The van der Waals surface area contributed by atoms with Gasteiger partial charge in [-0.1, -0.05) is 32.9 Å². The molecule has 1 aromatic carbocycles. The number of rotatable bonds is 4. The molecule has 1 heterocycles. The lowest BCUT2D eigenvalue weighted by atomic mass is 9.94. The summed E-state index contributed by atoms with van der Waals surface area (Å²) in [5.41, 5.74) is 6.46. The van der Waals surface area contributed by atoms with Crippen molar-refractivity contribution in [3.8, 4) is 12.1 Å². The molecule has 0 aliphatic heterocycles. The second-order valence-electron chi connectivity index (χ2n) is 6.83. The molecule has 6 nitrogen and oxygen atoms in total. The quantitative estimate of drug-likeness (QED) is 0.624. The van der Waals surface area contributed by atoms with Crippen LogP contribution in [0.3, 0.4) is 0 Å². The van der Waals surface area contributed by atoms with Crippen molar-refractivity contribution in [2.24, 2.45) is 5.73 Å². The molecule has 27 heavy (non-hydrogen) atoms. The van der Waals surface area contributed by atoms with E-state index in [0.717, 1.165) is 4.88 Å². The number of primary amides is 1. The number of nitriles is 2. The third kappa shape index (κ3) is 4.81. The normalized spacial score (nSPS) is 11.4. The van der Waals surface area contributed by atoms with Gasteiger partial charge in [0.1, 0.15) is 16.5 Å². The molecule has 7 heteroatoms. The molecule has 0 bridgehead atoms. The smallest absolute Gasteiger partial charge is 0.266 e. The van der Waals surface area contributed by atoms with Crippen LogP contribution in [0, 0.1) is 22.7 Å². The van der Waals surface area contributed by atoms with Gasteiger partial charge in [-0.3, -0.25) is 9.59 Å². The first-order valence-corrected chi connectivity index (χ1v) is 8.84. The molecule has 2 rings (SSSR count). The van der Waals surface area contributed by atoms with E-state index in [1.54, 1.807) is 30.3 Å². The summed E-state index contributed by atoms with van der Waals surface area (Å²) in [4.78, 5) is 25.3. The molecule has 0 saturated heterocycles. The van der Waals surface area contributed by atoms with Crippen molar-refractivity contribution in [2.75, 3.05) is 5.32 Å². The van der Waals surface area contributed by atoms with Crippen molar-refractivity contribution in [1.82, 2.24) is 0 Å². The van der Waals surface area contributed by atoms with Gasteiger partial charge in [0.25, 0.3) is 11.8 Å². The molecule has 3 N–H and O–H groups in total. The Morgan fingerprint density at radius 1 is 1.19 bits per heavy atom. The Morgan fingerprint density at radius 2 is 1.81 bits per heavy atom. The number of benzene rings is 1. The van der Waals surface area contributed by atoms with Crippen molar-refractivity contribution in [3.63, 3.8) is 0 Å². The average molecular weight is 378 g/mol. The molecule has 0 spiro atoms. The number of thiophene rings is 1. The van der Waals surface area contributed by atoms with Crippen LogP contribution < -0.4 is 11.1 Å². The summed E-state index contributed by atoms with van der Waals surface area (Å²) < 4.78 is 0. The zero-order valence-electron chi connectivity index (χ0n) is 15.2. The monoisotopic (exact) mass is 378 g/mol. The van der Waals surface area contributed by atoms with E-state index in [0.29, 0.717) is 16.8 Å². The first-order valence-electron chi connectivity index (χ1n) is 8.03. The van der Waals surface area contributed by atoms with Gasteiger partial charge in [-0.15, -0.1) is 11.3 Å². The fourth-order valence-electron chi connectivity index (χ4n) is 2.20. The van der Waals surface area contributed by atoms with Crippen LogP contribution >= 0.6 is 11.3 Å². The number of anilines is 1. The van der Waals surface area contributed by atoms with Gasteiger partial charge in [-0.05, 0) is 35.3 Å². The Bertz CT molecular complexity index is 997. The number of nitrogens with two attached hydrogens (primary N) is 1. The summed E-state index contributed by atoms with van der Waals surface area (Å²) in [6.07, 6.45) is 1.41. The Labute approximate surface area is 161 Å². The minimum Gasteiger partial charge on any atom is -0.365 e. The van der Waals surface area contributed by atoms with Gasteiger partial charge < -0.3 is 11.1 Å². The molecule has 0 fully saturated rings. The van der Waals surface area contributed by atoms with Crippen molar-refractivity contribution in [3.05, 3.63) is 56.8 Å². The Balaban J connectivity index is 2.33. The lowest BCUT2D eigenvalue weighted by Gasteiger charge is -2.15. The Morgan fingerprint density at radius 3 is 2.30 bits per heavy atom. The molecule has 2 aromatic rings. The largest absolute Gasteiger partial charge is 0.365 e. The van der Waals surface area contributed by atoms with E-state index in [1.165, 1.54) is 17.4 Å². The first-order chi connectivity index (χ1) is 12.7. The fourth-order valence-corrected chi connectivity index (χ4v) is 3.22. The predicted molar refractivity (Wildman–Crippen MR) is 105 cm³/mol. The summed E-state index contributed by atoms with van der Waals surface area (Å²) in [5, 5.41) is 20.8. The van der Waals surface area contributed by atoms with Crippen molar-refractivity contribution in [2.45, 2.75) is 26.2 Å². The lowest BCUT2D eigenvalue weighted by molar-refractivity contribution is -0.112. The highest BCUT2D eigenvalue weighted by molar-refractivity contribution is 7.14. The number of carbonyl (C=O) groups is 2. The minimum atomic E-state index is -0.639. The van der Waals surface area contributed by atoms with Crippen LogP contribution in [0.15, 0.2) is 35.9 Å². The number of amides is 2. The van der Waals surface area contributed by atoms with Gasteiger partial charge in [0, 0.05) is 4.88 Å². The van der Waals surface area contributed by atoms with Crippen LogP contribution in [0.25, 0.3) is 6.08 Å². The summed E-state index contributed by atoms with van der Waals surface area (Å²) in [6.45, 7) is 5.96. The highest BCUT2D eigenvalue weighted by Crippen LogP contribution is 2.35. The maximum absolute atomic E-state index is 12.5. The van der Waals surface area contributed by atoms with Gasteiger partial charge in [0.2, 0.25) is 0 Å². The SMILES string of the molecule is CC(C)(C)c1cc(NC(=O)/C(C#N)=C/c2ccc(C#N)cc2)c(C(N)=O)s1. The fraction of sp³-hybridized carbons (Fsp3) is 0.200. The number of nitrogens with zero attached hydrogens (tertiary/aromatic N) is 2.